The van der Waals surface area contributed by atoms with Gasteiger partial charge in [0.1, 0.15) is 5.01 Å². The van der Waals surface area contributed by atoms with E-state index in [2.05, 4.69) is 50.4 Å². The van der Waals surface area contributed by atoms with Crippen molar-refractivity contribution in [2.75, 3.05) is 6.54 Å². The molecule has 112 valence electrons. The standard InChI is InChI=1S/C18H24N2S/c1-4-10-19-12(2)17-13(3)20-18(21-17)16-7-5-6-15(11-16)14-8-9-14/h5-7,11-12,14,19H,4,8-10H2,1-3H3. The summed E-state index contributed by atoms with van der Waals surface area (Å²) in [6.45, 7) is 7.63. The Bertz CT molecular complexity index is 613. The van der Waals surface area contributed by atoms with Crippen molar-refractivity contribution in [1.82, 2.24) is 10.3 Å². The van der Waals surface area contributed by atoms with E-state index in [9.17, 15) is 0 Å². The van der Waals surface area contributed by atoms with Gasteiger partial charge in [0.25, 0.3) is 0 Å². The molecule has 1 aromatic carbocycles. The lowest BCUT2D eigenvalue weighted by Gasteiger charge is -2.11. The van der Waals surface area contributed by atoms with Gasteiger partial charge in [0.2, 0.25) is 0 Å². The van der Waals surface area contributed by atoms with Crippen molar-refractivity contribution in [3.63, 3.8) is 0 Å². The molecule has 1 atom stereocenters. The van der Waals surface area contributed by atoms with Crippen molar-refractivity contribution in [2.45, 2.75) is 52.0 Å². The van der Waals surface area contributed by atoms with Crippen molar-refractivity contribution < 1.29 is 0 Å². The van der Waals surface area contributed by atoms with E-state index in [4.69, 9.17) is 4.98 Å². The fourth-order valence-electron chi connectivity index (χ4n) is 2.73. The van der Waals surface area contributed by atoms with Crippen LogP contribution in [0.15, 0.2) is 24.3 Å². The molecule has 1 aromatic heterocycles. The number of nitrogens with zero attached hydrogens (tertiary/aromatic N) is 1. The van der Waals surface area contributed by atoms with E-state index in [-0.39, 0.29) is 0 Å². The number of thiazole rings is 1. The van der Waals surface area contributed by atoms with Crippen molar-refractivity contribution in [1.29, 1.82) is 0 Å². The van der Waals surface area contributed by atoms with Gasteiger partial charge in [-0.15, -0.1) is 11.3 Å². The highest BCUT2D eigenvalue weighted by molar-refractivity contribution is 7.15. The zero-order chi connectivity index (χ0) is 14.8. The van der Waals surface area contributed by atoms with Gasteiger partial charge in [-0.25, -0.2) is 4.98 Å². The minimum absolute atomic E-state index is 0.391. The zero-order valence-electron chi connectivity index (χ0n) is 13.1. The fraction of sp³-hybridized carbons (Fsp3) is 0.500. The molecule has 3 rings (SSSR count). The second kappa shape index (κ2) is 6.29. The first-order valence-corrected chi connectivity index (χ1v) is 8.81. The Balaban J connectivity index is 1.84. The largest absolute Gasteiger partial charge is 0.309 e. The quantitative estimate of drug-likeness (QED) is 0.807. The average molecular weight is 300 g/mol. The van der Waals surface area contributed by atoms with E-state index in [0.29, 0.717) is 6.04 Å². The lowest BCUT2D eigenvalue weighted by atomic mass is 10.1. The summed E-state index contributed by atoms with van der Waals surface area (Å²) in [4.78, 5) is 6.18. The van der Waals surface area contributed by atoms with Crippen LogP contribution < -0.4 is 5.32 Å². The molecule has 0 aliphatic heterocycles. The van der Waals surface area contributed by atoms with E-state index in [0.717, 1.165) is 17.5 Å². The van der Waals surface area contributed by atoms with Crippen LogP contribution in [-0.2, 0) is 0 Å². The van der Waals surface area contributed by atoms with Gasteiger partial charge in [-0.2, -0.15) is 0 Å². The van der Waals surface area contributed by atoms with Crippen molar-refractivity contribution in [2.24, 2.45) is 0 Å². The van der Waals surface area contributed by atoms with E-state index in [1.165, 1.54) is 41.0 Å². The molecule has 0 saturated heterocycles. The summed E-state index contributed by atoms with van der Waals surface area (Å²) in [5.41, 5.74) is 3.93. The van der Waals surface area contributed by atoms with Gasteiger partial charge in [-0.05, 0) is 57.2 Å². The molecule has 1 heterocycles. The van der Waals surface area contributed by atoms with Gasteiger partial charge in [-0.3, -0.25) is 0 Å². The van der Waals surface area contributed by atoms with Crippen LogP contribution in [0.4, 0.5) is 0 Å². The Morgan fingerprint density at radius 2 is 2.19 bits per heavy atom. The molecule has 1 saturated carbocycles. The maximum Gasteiger partial charge on any atom is 0.123 e. The third kappa shape index (κ3) is 3.35. The highest BCUT2D eigenvalue weighted by atomic mass is 32.1. The number of aromatic nitrogens is 1. The number of benzene rings is 1. The Kier molecular flexibility index (Phi) is 4.41. The molecule has 3 heteroatoms. The summed E-state index contributed by atoms with van der Waals surface area (Å²) in [6, 6.07) is 9.36. The molecule has 2 aromatic rings. The number of rotatable bonds is 6. The second-order valence-electron chi connectivity index (χ2n) is 6.04. The highest BCUT2D eigenvalue weighted by Gasteiger charge is 2.24. The topological polar surface area (TPSA) is 24.9 Å². The molecule has 0 amide bonds. The van der Waals surface area contributed by atoms with Crippen LogP contribution in [0, 0.1) is 6.92 Å². The van der Waals surface area contributed by atoms with Gasteiger partial charge in [0.05, 0.1) is 5.69 Å². The molecular weight excluding hydrogens is 276 g/mol. The summed E-state index contributed by atoms with van der Waals surface area (Å²) in [6.07, 6.45) is 3.87. The molecule has 0 spiro atoms. The van der Waals surface area contributed by atoms with Crippen LogP contribution >= 0.6 is 11.3 Å². The Morgan fingerprint density at radius 3 is 2.90 bits per heavy atom. The molecule has 21 heavy (non-hydrogen) atoms. The van der Waals surface area contributed by atoms with Crippen LogP contribution in [0.5, 0.6) is 0 Å². The molecule has 2 nitrogen and oxygen atoms in total. The van der Waals surface area contributed by atoms with Gasteiger partial charge < -0.3 is 5.32 Å². The van der Waals surface area contributed by atoms with Crippen molar-refractivity contribution in [3.05, 3.63) is 40.4 Å². The molecular formula is C18H24N2S. The molecule has 1 unspecified atom stereocenters. The van der Waals surface area contributed by atoms with Gasteiger partial charge in [-0.1, -0.05) is 25.1 Å². The molecule has 1 fully saturated rings. The van der Waals surface area contributed by atoms with E-state index in [1.54, 1.807) is 0 Å². The van der Waals surface area contributed by atoms with E-state index >= 15 is 0 Å². The summed E-state index contributed by atoms with van der Waals surface area (Å²) >= 11 is 1.84. The van der Waals surface area contributed by atoms with Gasteiger partial charge in [0.15, 0.2) is 0 Å². The maximum absolute atomic E-state index is 4.81. The first-order chi connectivity index (χ1) is 10.2. The monoisotopic (exact) mass is 300 g/mol. The Hall–Kier alpha value is -1.19. The Labute approximate surface area is 131 Å². The smallest absolute Gasteiger partial charge is 0.123 e. The number of nitrogens with one attached hydrogen (secondary N) is 1. The van der Waals surface area contributed by atoms with Crippen molar-refractivity contribution >= 4 is 11.3 Å². The Morgan fingerprint density at radius 1 is 1.38 bits per heavy atom. The van der Waals surface area contributed by atoms with Crippen LogP contribution in [-0.4, -0.2) is 11.5 Å². The summed E-state index contributed by atoms with van der Waals surface area (Å²) in [5, 5.41) is 4.73. The number of hydrogen-bond donors (Lipinski definition) is 1. The number of hydrogen-bond acceptors (Lipinski definition) is 3. The summed E-state index contributed by atoms with van der Waals surface area (Å²) in [5.74, 6) is 0.802. The lowest BCUT2D eigenvalue weighted by Crippen LogP contribution is -2.18. The molecule has 1 N–H and O–H groups in total. The SMILES string of the molecule is CCCNC(C)c1sc(-c2cccc(C3CC3)c2)nc1C. The first-order valence-electron chi connectivity index (χ1n) is 8.00. The third-order valence-electron chi connectivity index (χ3n) is 4.11. The summed E-state index contributed by atoms with van der Waals surface area (Å²) in [7, 11) is 0. The minimum Gasteiger partial charge on any atom is -0.309 e. The lowest BCUT2D eigenvalue weighted by molar-refractivity contribution is 0.575. The highest BCUT2D eigenvalue weighted by Crippen LogP contribution is 2.41. The number of aryl methyl sites for hydroxylation is 1. The van der Waals surface area contributed by atoms with E-state index < -0.39 is 0 Å². The first kappa shape index (κ1) is 14.7. The maximum atomic E-state index is 4.81. The van der Waals surface area contributed by atoms with Gasteiger partial charge >= 0.3 is 0 Å². The molecule has 0 bridgehead atoms. The molecule has 1 aliphatic carbocycles. The van der Waals surface area contributed by atoms with Crippen LogP contribution in [0.1, 0.15) is 61.2 Å². The second-order valence-corrected chi connectivity index (χ2v) is 7.07. The predicted octanol–water partition coefficient (Wildman–Crippen LogP) is 5.06. The van der Waals surface area contributed by atoms with Crippen LogP contribution in [0.25, 0.3) is 10.6 Å². The van der Waals surface area contributed by atoms with Gasteiger partial charge in [0, 0.05) is 16.5 Å². The molecule has 1 aliphatic rings. The van der Waals surface area contributed by atoms with Crippen LogP contribution in [0.3, 0.4) is 0 Å². The summed E-state index contributed by atoms with van der Waals surface area (Å²) < 4.78 is 0. The fourth-order valence-corrected chi connectivity index (χ4v) is 3.82. The average Bonchev–Trinajstić information content (AvgIpc) is 3.27. The zero-order valence-corrected chi connectivity index (χ0v) is 14.0. The predicted molar refractivity (Wildman–Crippen MR) is 91.0 cm³/mol. The normalized spacial score (nSPS) is 16.1. The molecule has 0 radical (unpaired) electrons. The van der Waals surface area contributed by atoms with Crippen LogP contribution in [0.2, 0.25) is 0 Å². The van der Waals surface area contributed by atoms with Crippen molar-refractivity contribution in [3.8, 4) is 10.6 Å². The minimum atomic E-state index is 0.391. The van der Waals surface area contributed by atoms with E-state index in [1.807, 2.05) is 11.3 Å². The third-order valence-corrected chi connectivity index (χ3v) is 5.50.